The predicted octanol–water partition coefficient (Wildman–Crippen LogP) is 4.77. The van der Waals surface area contributed by atoms with Crippen LogP contribution in [-0.2, 0) is 14.9 Å². The number of methoxy groups -OCH3 is 1. The van der Waals surface area contributed by atoms with Gasteiger partial charge in [0.2, 0.25) is 5.67 Å². The number of aromatic amines is 1. The van der Waals surface area contributed by atoms with Gasteiger partial charge in [-0.1, -0.05) is 13.8 Å². The summed E-state index contributed by atoms with van der Waals surface area (Å²) in [7, 11) is 1.56. The number of ether oxygens (including phenoxy) is 1. The largest absolute Gasteiger partial charge is 0.479 e. The molecule has 1 aromatic carbocycles. The van der Waals surface area contributed by atoms with Crippen LogP contribution < -0.4 is 0 Å². The highest BCUT2D eigenvalue weighted by Gasteiger charge is 2.54. The number of alkyl halides is 1. The van der Waals surface area contributed by atoms with Crippen molar-refractivity contribution >= 4 is 28.0 Å². The van der Waals surface area contributed by atoms with Crippen molar-refractivity contribution in [3.8, 4) is 5.69 Å². The molecule has 2 N–H and O–H groups in total. The summed E-state index contributed by atoms with van der Waals surface area (Å²) in [5.74, 6) is -3.91. The maximum absolute atomic E-state index is 14.8. The molecule has 10 heteroatoms. The van der Waals surface area contributed by atoms with E-state index in [1.807, 2.05) is 19.9 Å². The Bertz CT molecular complexity index is 1440. The van der Waals surface area contributed by atoms with Crippen LogP contribution in [0.3, 0.4) is 0 Å². The van der Waals surface area contributed by atoms with E-state index in [4.69, 9.17) is 9.72 Å². The van der Waals surface area contributed by atoms with E-state index in [-0.39, 0.29) is 19.4 Å². The summed E-state index contributed by atoms with van der Waals surface area (Å²) >= 11 is 0. The minimum absolute atomic E-state index is 0.210. The molecule has 3 aromatic heterocycles. The van der Waals surface area contributed by atoms with Gasteiger partial charge in [-0.25, -0.2) is 22.9 Å². The Morgan fingerprint density at radius 2 is 2.03 bits per heavy atom. The molecule has 0 atom stereocenters. The van der Waals surface area contributed by atoms with E-state index in [0.717, 1.165) is 12.1 Å². The molecular formula is C24H23F3N4O3. The number of nitrogens with zero attached hydrogens (tertiary/aromatic N) is 3. The zero-order valence-electron chi connectivity index (χ0n) is 18.8. The SMILES string of the molecule is COCC(C)(C)c1c(C2CC(F)(C(=O)O)C2)c2nc3[nH]ncc3cc2n1-c1ccc(F)c(F)c1. The summed E-state index contributed by atoms with van der Waals surface area (Å²) in [6, 6.07) is 5.44. The number of hydrogen-bond donors (Lipinski definition) is 2. The Kier molecular flexibility index (Phi) is 4.98. The number of rotatable bonds is 6. The summed E-state index contributed by atoms with van der Waals surface area (Å²) in [6.45, 7) is 4.12. The molecule has 5 rings (SSSR count). The Balaban J connectivity index is 1.86. The molecule has 178 valence electrons. The lowest BCUT2D eigenvalue weighted by atomic mass is 9.67. The zero-order valence-corrected chi connectivity index (χ0v) is 18.8. The average molecular weight is 472 g/mol. The van der Waals surface area contributed by atoms with Gasteiger partial charge in [0.05, 0.1) is 23.8 Å². The molecule has 0 amide bonds. The van der Waals surface area contributed by atoms with Gasteiger partial charge in [0.25, 0.3) is 0 Å². The van der Waals surface area contributed by atoms with Crippen LogP contribution in [0.1, 0.15) is 43.9 Å². The number of fused-ring (bicyclic) bond motifs is 2. The lowest BCUT2D eigenvalue weighted by Crippen LogP contribution is -2.46. The number of carbonyl (C=O) groups is 1. The van der Waals surface area contributed by atoms with Crippen LogP contribution in [0, 0.1) is 11.6 Å². The quantitative estimate of drug-likeness (QED) is 0.422. The van der Waals surface area contributed by atoms with E-state index >= 15 is 0 Å². The third kappa shape index (κ3) is 3.27. The van der Waals surface area contributed by atoms with Gasteiger partial charge in [0.1, 0.15) is 0 Å². The van der Waals surface area contributed by atoms with Crippen molar-refractivity contribution in [3.05, 3.63) is 53.4 Å². The summed E-state index contributed by atoms with van der Waals surface area (Å²) in [5.41, 5.74) is 0.369. The highest BCUT2D eigenvalue weighted by atomic mass is 19.2. The van der Waals surface area contributed by atoms with Crippen molar-refractivity contribution in [1.29, 1.82) is 0 Å². The van der Waals surface area contributed by atoms with E-state index in [9.17, 15) is 23.1 Å². The summed E-state index contributed by atoms with van der Waals surface area (Å²) in [4.78, 5) is 16.2. The molecule has 0 bridgehead atoms. The minimum atomic E-state index is -2.32. The van der Waals surface area contributed by atoms with Crippen LogP contribution >= 0.6 is 0 Å². The van der Waals surface area contributed by atoms with Crippen molar-refractivity contribution in [2.45, 2.75) is 43.7 Å². The molecule has 1 saturated carbocycles. The Hall–Kier alpha value is -3.40. The standard InChI is InChI=1S/C24H23F3N4O3/c1-23(2,11-34-3)20-18(13-8-24(27,9-13)22(32)33)19-17(6-12-10-28-30-21(12)29-19)31(20)14-4-5-15(25)16(26)7-14/h4-7,10,13H,8-9,11H2,1-3H3,(H,32,33)(H,28,29,30). The monoisotopic (exact) mass is 472 g/mol. The van der Waals surface area contributed by atoms with Gasteiger partial charge in [0.15, 0.2) is 17.3 Å². The third-order valence-corrected chi connectivity index (χ3v) is 6.62. The Labute approximate surface area is 192 Å². The van der Waals surface area contributed by atoms with Crippen molar-refractivity contribution in [2.24, 2.45) is 0 Å². The summed E-state index contributed by atoms with van der Waals surface area (Å²) in [5, 5.41) is 16.9. The first-order chi connectivity index (χ1) is 16.1. The van der Waals surface area contributed by atoms with Crippen LogP contribution in [0.2, 0.25) is 0 Å². The number of aromatic nitrogens is 4. The van der Waals surface area contributed by atoms with Crippen molar-refractivity contribution < 1.29 is 27.8 Å². The second-order valence-electron chi connectivity index (χ2n) is 9.55. The average Bonchev–Trinajstić information content (AvgIpc) is 3.33. The second kappa shape index (κ2) is 7.56. The number of hydrogen-bond acceptors (Lipinski definition) is 4. The molecule has 1 aliphatic carbocycles. The van der Waals surface area contributed by atoms with E-state index in [0.29, 0.717) is 39.0 Å². The van der Waals surface area contributed by atoms with Crippen molar-refractivity contribution in [1.82, 2.24) is 19.7 Å². The smallest absolute Gasteiger partial charge is 0.341 e. The molecular weight excluding hydrogens is 449 g/mol. The lowest BCUT2D eigenvalue weighted by Gasteiger charge is -2.40. The van der Waals surface area contributed by atoms with E-state index < -0.39 is 34.6 Å². The predicted molar refractivity (Wildman–Crippen MR) is 119 cm³/mol. The van der Waals surface area contributed by atoms with Crippen LogP contribution in [0.5, 0.6) is 0 Å². The lowest BCUT2D eigenvalue weighted by molar-refractivity contribution is -0.158. The molecule has 0 saturated heterocycles. The number of pyridine rings is 1. The topological polar surface area (TPSA) is 93.0 Å². The molecule has 1 aliphatic rings. The highest BCUT2D eigenvalue weighted by Crippen LogP contribution is 2.53. The van der Waals surface area contributed by atoms with E-state index in [1.54, 1.807) is 17.9 Å². The molecule has 0 aliphatic heterocycles. The Morgan fingerprint density at radius 1 is 1.29 bits per heavy atom. The summed E-state index contributed by atoms with van der Waals surface area (Å²) < 4.78 is 50.2. The van der Waals surface area contributed by atoms with E-state index in [2.05, 4.69) is 10.2 Å². The second-order valence-corrected chi connectivity index (χ2v) is 9.55. The molecule has 0 unspecified atom stereocenters. The number of nitrogens with one attached hydrogen (secondary N) is 1. The van der Waals surface area contributed by atoms with Crippen molar-refractivity contribution in [3.63, 3.8) is 0 Å². The first-order valence-electron chi connectivity index (χ1n) is 10.8. The van der Waals surface area contributed by atoms with Crippen LogP contribution in [0.4, 0.5) is 13.2 Å². The number of H-pyrrole nitrogens is 1. The minimum Gasteiger partial charge on any atom is -0.479 e. The summed E-state index contributed by atoms with van der Waals surface area (Å²) in [6.07, 6.45) is 1.18. The van der Waals surface area contributed by atoms with Gasteiger partial charge in [0, 0.05) is 40.9 Å². The maximum atomic E-state index is 14.8. The fraction of sp³-hybridized carbons (Fsp3) is 0.375. The van der Waals surface area contributed by atoms with Crippen LogP contribution in [-0.4, -0.2) is 50.2 Å². The van der Waals surface area contributed by atoms with Gasteiger partial charge in [-0.15, -0.1) is 0 Å². The Morgan fingerprint density at radius 3 is 2.68 bits per heavy atom. The molecule has 1 fully saturated rings. The number of benzene rings is 1. The van der Waals surface area contributed by atoms with Crippen molar-refractivity contribution in [2.75, 3.05) is 13.7 Å². The highest BCUT2D eigenvalue weighted by molar-refractivity contribution is 5.94. The normalized spacial score (nSPS) is 20.7. The van der Waals surface area contributed by atoms with Crippen LogP contribution in [0.15, 0.2) is 30.5 Å². The maximum Gasteiger partial charge on any atom is 0.341 e. The van der Waals surface area contributed by atoms with Gasteiger partial charge in [-0.05, 0) is 37.0 Å². The molecule has 0 spiro atoms. The fourth-order valence-corrected chi connectivity index (χ4v) is 5.07. The van der Waals surface area contributed by atoms with Crippen LogP contribution in [0.25, 0.3) is 27.8 Å². The zero-order chi connectivity index (χ0) is 24.4. The third-order valence-electron chi connectivity index (χ3n) is 6.62. The molecule has 7 nitrogen and oxygen atoms in total. The first kappa shape index (κ1) is 22.4. The molecule has 34 heavy (non-hydrogen) atoms. The number of halogens is 3. The van der Waals surface area contributed by atoms with Gasteiger partial charge < -0.3 is 14.4 Å². The first-order valence-corrected chi connectivity index (χ1v) is 10.8. The molecule has 3 heterocycles. The molecule has 4 aromatic rings. The fourth-order valence-electron chi connectivity index (χ4n) is 5.07. The number of carboxylic acids is 1. The number of aliphatic carboxylic acids is 1. The molecule has 0 radical (unpaired) electrons. The van der Waals surface area contributed by atoms with Gasteiger partial charge in [-0.3, -0.25) is 5.10 Å². The van der Waals surface area contributed by atoms with E-state index in [1.165, 1.54) is 6.07 Å². The number of carboxylic acid groups (broad SMARTS) is 1. The van der Waals surface area contributed by atoms with Gasteiger partial charge >= 0.3 is 5.97 Å². The van der Waals surface area contributed by atoms with Gasteiger partial charge in [-0.2, -0.15) is 5.10 Å².